The molecule has 3 rings (SSSR count). The molecule has 0 aliphatic rings. The monoisotopic (exact) mass is 376 g/mol. The van der Waals surface area contributed by atoms with Crippen LogP contribution in [0.25, 0.3) is 22.4 Å². The van der Waals surface area contributed by atoms with E-state index >= 15 is 0 Å². The molecule has 2 heterocycles. The van der Waals surface area contributed by atoms with E-state index in [0.29, 0.717) is 11.3 Å². The minimum absolute atomic E-state index is 0.0689. The number of halogens is 1. The van der Waals surface area contributed by atoms with Crippen LogP contribution in [0, 0.1) is 6.92 Å². The second-order valence-electron chi connectivity index (χ2n) is 5.35. The lowest BCUT2D eigenvalue weighted by Crippen LogP contribution is -2.03. The Kier molecular flexibility index (Phi) is 3.62. The van der Waals surface area contributed by atoms with Crippen LogP contribution in [0.15, 0.2) is 59.7 Å². The summed E-state index contributed by atoms with van der Waals surface area (Å²) in [6, 6.07) is 2.87. The number of sulfone groups is 1. The molecule has 0 saturated heterocycles. The average molecular weight is 377 g/mol. The van der Waals surface area contributed by atoms with Crippen LogP contribution < -0.4 is 0 Å². The first kappa shape index (κ1) is 13.0. The lowest BCUT2D eigenvalue weighted by molar-refractivity contribution is 0.597. The number of pyridine rings is 2. The van der Waals surface area contributed by atoms with Gasteiger partial charge in [0.2, 0.25) is 0 Å². The predicted octanol–water partition coefficient (Wildman–Crippen LogP) is 4.57. The van der Waals surface area contributed by atoms with Gasteiger partial charge in [0, 0.05) is 29.2 Å². The summed E-state index contributed by atoms with van der Waals surface area (Å²) in [5.41, 5.74) is 1.96. The summed E-state index contributed by atoms with van der Waals surface area (Å²) in [7, 11) is -3.95. The van der Waals surface area contributed by atoms with Crippen molar-refractivity contribution in [2.75, 3.05) is 5.75 Å². The molecule has 0 amide bonds. The van der Waals surface area contributed by atoms with E-state index in [4.69, 9.17) is 17.1 Å². The van der Waals surface area contributed by atoms with Crippen molar-refractivity contribution in [3.8, 4) is 22.4 Å². The number of hydrogen-bond donors (Lipinski definition) is 0. The maximum Gasteiger partial charge on any atom is 0.178 e. The van der Waals surface area contributed by atoms with E-state index in [0.717, 1.165) is 5.69 Å². The largest absolute Gasteiger partial charge is 0.261 e. The van der Waals surface area contributed by atoms with Crippen LogP contribution in [0.4, 0.5) is 0 Å². The summed E-state index contributed by atoms with van der Waals surface area (Å²) >= 11 is 6.10. The van der Waals surface area contributed by atoms with Gasteiger partial charge in [0.1, 0.15) is 0 Å². The van der Waals surface area contributed by atoms with Crippen LogP contribution >= 0.6 is 11.6 Å². The molecule has 0 aliphatic carbocycles. The van der Waals surface area contributed by atoms with Gasteiger partial charge in [0.15, 0.2) is 9.84 Å². The second kappa shape index (κ2) is 6.94. The molecular weight excluding hydrogens is 356 g/mol. The molecule has 0 bridgehead atoms. The zero-order valence-electron chi connectivity index (χ0n) is 17.6. The number of nitrogens with zero attached hydrogens (tertiary/aromatic N) is 2. The van der Waals surface area contributed by atoms with Gasteiger partial charge in [-0.2, -0.15) is 0 Å². The molecule has 4 nitrogen and oxygen atoms in total. The number of benzene rings is 1. The Labute approximate surface area is 158 Å². The molecule has 2 aromatic heterocycles. The van der Waals surface area contributed by atoms with Crippen LogP contribution in [-0.2, 0) is 9.84 Å². The molecule has 0 N–H and O–H groups in total. The van der Waals surface area contributed by atoms with Crippen molar-refractivity contribution < 1.29 is 13.9 Å². The molecule has 0 radical (unpaired) electrons. The molecule has 25 heavy (non-hydrogen) atoms. The first-order valence-electron chi connectivity index (χ1n) is 9.50. The zero-order chi connectivity index (χ0) is 21.5. The highest BCUT2D eigenvalue weighted by molar-refractivity contribution is 7.91. The Morgan fingerprint density at radius 1 is 1.08 bits per heavy atom. The third-order valence-electron chi connectivity index (χ3n) is 3.60. The minimum atomic E-state index is -3.95. The van der Waals surface area contributed by atoms with E-state index in [-0.39, 0.29) is 21.9 Å². The van der Waals surface area contributed by atoms with E-state index in [1.54, 1.807) is 18.3 Å². The molecule has 1 aromatic carbocycles. The number of aromatic nitrogens is 2. The fourth-order valence-electron chi connectivity index (χ4n) is 2.20. The normalized spacial score (nSPS) is 13.7. The molecule has 6 heteroatoms. The fraction of sp³-hybridized carbons (Fsp3) is 0.158. The van der Waals surface area contributed by atoms with Gasteiger partial charge in [-0.15, -0.1) is 0 Å². The van der Waals surface area contributed by atoms with Crippen molar-refractivity contribution in [2.24, 2.45) is 0 Å². The molecular formula is C19H17ClN2O2S. The van der Waals surface area contributed by atoms with Crippen LogP contribution in [0.2, 0.25) is 5.02 Å². The summed E-state index contributed by atoms with van der Waals surface area (Å²) in [5, 5.41) is 0.242. The lowest BCUT2D eigenvalue weighted by atomic mass is 10.0. The number of aryl methyl sites for hydroxylation is 1. The molecule has 0 atom stereocenters. The molecule has 3 aromatic rings. The highest BCUT2D eigenvalue weighted by Gasteiger charge is 2.14. The van der Waals surface area contributed by atoms with E-state index in [1.165, 1.54) is 19.2 Å². The van der Waals surface area contributed by atoms with Gasteiger partial charge in [-0.25, -0.2) is 8.42 Å². The van der Waals surface area contributed by atoms with Gasteiger partial charge >= 0.3 is 0 Å². The van der Waals surface area contributed by atoms with Crippen LogP contribution in [0.1, 0.15) is 18.1 Å². The lowest BCUT2D eigenvalue weighted by Gasteiger charge is -2.11. The molecule has 0 spiro atoms. The Hall–Kier alpha value is -2.24. The Morgan fingerprint density at radius 2 is 1.80 bits per heavy atom. The van der Waals surface area contributed by atoms with Crippen molar-refractivity contribution in [3.05, 3.63) is 65.5 Å². The molecule has 128 valence electrons. The molecule has 0 aliphatic heterocycles. The fourth-order valence-corrected chi connectivity index (χ4v) is 3.06. The SMILES string of the molecule is [2H]c1c([2H])c(S(=O)(=O)CC)c([2H])c([2H])c1-c1cc(Cl)cnc1-c1ccc(C)nc1. The first-order valence-corrected chi connectivity index (χ1v) is 9.53. The third-order valence-corrected chi connectivity index (χ3v) is 5.39. The van der Waals surface area contributed by atoms with E-state index in [2.05, 4.69) is 9.97 Å². The predicted molar refractivity (Wildman–Crippen MR) is 100 cm³/mol. The quantitative estimate of drug-likeness (QED) is 0.669. The Balaban J connectivity index is 2.39. The molecule has 0 unspecified atom stereocenters. The number of rotatable bonds is 4. The molecule has 0 saturated carbocycles. The van der Waals surface area contributed by atoms with Crippen LogP contribution in [0.3, 0.4) is 0 Å². The Morgan fingerprint density at radius 3 is 2.40 bits per heavy atom. The average Bonchev–Trinajstić information content (AvgIpc) is 2.68. The smallest absolute Gasteiger partial charge is 0.178 e. The van der Waals surface area contributed by atoms with Gasteiger partial charge in [0.05, 0.1) is 26.8 Å². The van der Waals surface area contributed by atoms with Gasteiger partial charge < -0.3 is 0 Å². The third kappa shape index (κ3) is 3.72. The second-order valence-corrected chi connectivity index (χ2v) is 8.00. The summed E-state index contributed by atoms with van der Waals surface area (Å²) in [6.07, 6.45) is 2.99. The van der Waals surface area contributed by atoms with Crippen molar-refractivity contribution in [3.63, 3.8) is 0 Å². The van der Waals surface area contributed by atoms with E-state index in [9.17, 15) is 8.42 Å². The molecule has 0 fully saturated rings. The van der Waals surface area contributed by atoms with Crippen LogP contribution in [0.5, 0.6) is 0 Å². The van der Waals surface area contributed by atoms with Crippen molar-refractivity contribution >= 4 is 21.4 Å². The topological polar surface area (TPSA) is 59.9 Å². The summed E-state index contributed by atoms with van der Waals surface area (Å²) in [6.45, 7) is 3.22. The van der Waals surface area contributed by atoms with Gasteiger partial charge in [-0.1, -0.05) is 30.6 Å². The summed E-state index contributed by atoms with van der Waals surface area (Å²) in [5.74, 6) is -0.331. The minimum Gasteiger partial charge on any atom is -0.261 e. The van der Waals surface area contributed by atoms with E-state index < -0.39 is 38.9 Å². The summed E-state index contributed by atoms with van der Waals surface area (Å²) in [4.78, 5) is 7.93. The maximum atomic E-state index is 12.3. The van der Waals surface area contributed by atoms with E-state index in [1.807, 2.05) is 6.92 Å². The highest BCUT2D eigenvalue weighted by atomic mass is 35.5. The van der Waals surface area contributed by atoms with Gasteiger partial charge in [-0.05, 0) is 42.8 Å². The van der Waals surface area contributed by atoms with Crippen molar-refractivity contribution in [1.29, 1.82) is 0 Å². The highest BCUT2D eigenvalue weighted by Crippen LogP contribution is 2.32. The Bertz CT molecular complexity index is 1190. The van der Waals surface area contributed by atoms with Gasteiger partial charge in [0.25, 0.3) is 0 Å². The van der Waals surface area contributed by atoms with Gasteiger partial charge in [-0.3, -0.25) is 9.97 Å². The standard InChI is InChI=1S/C19H17ClN2O2S/c1-3-25(23,24)17-8-6-14(7-9-17)18-10-16(20)12-22-19(18)15-5-4-13(2)21-11-15/h4-12H,3H2,1-2H3/i6D,7D,8D,9D. The zero-order valence-corrected chi connectivity index (χ0v) is 15.2. The van der Waals surface area contributed by atoms with Crippen LogP contribution in [-0.4, -0.2) is 24.1 Å². The number of hydrogen-bond acceptors (Lipinski definition) is 4. The van der Waals surface area contributed by atoms with Crippen molar-refractivity contribution in [2.45, 2.75) is 18.7 Å². The first-order chi connectivity index (χ1) is 13.6. The summed E-state index contributed by atoms with van der Waals surface area (Å²) < 4.78 is 57.8. The van der Waals surface area contributed by atoms with Crippen molar-refractivity contribution in [1.82, 2.24) is 9.97 Å². The maximum absolute atomic E-state index is 12.3.